The van der Waals surface area contributed by atoms with Crippen LogP contribution in [0.3, 0.4) is 0 Å². The first kappa shape index (κ1) is 46.1. The molecule has 0 spiro atoms. The zero-order valence-corrected chi connectivity index (χ0v) is 37.7. The lowest BCUT2D eigenvalue weighted by Crippen LogP contribution is -2.34. The maximum absolute atomic E-state index is 13.9. The highest BCUT2D eigenvalue weighted by atomic mass is 35.5. The van der Waals surface area contributed by atoms with Crippen molar-refractivity contribution < 1.29 is 57.7 Å². The highest BCUT2D eigenvalue weighted by molar-refractivity contribution is 7.81. The number of anilines is 2. The van der Waals surface area contributed by atoms with Crippen LogP contribution >= 0.6 is 43.7 Å². The van der Waals surface area contributed by atoms with Gasteiger partial charge in [-0.05, 0) is 45.7 Å². The average molecular weight is 963 g/mol. The molecule has 0 bridgehead atoms. The summed E-state index contributed by atoms with van der Waals surface area (Å²) in [7, 11) is -4.95. The van der Waals surface area contributed by atoms with E-state index in [1.165, 1.54) is 23.1 Å². The second-order valence-electron chi connectivity index (χ2n) is 15.5. The summed E-state index contributed by atoms with van der Waals surface area (Å²) >= 11 is 17.0. The zero-order valence-electron chi connectivity index (χ0n) is 34.4. The summed E-state index contributed by atoms with van der Waals surface area (Å²) in [6.07, 6.45) is 5.99. The van der Waals surface area contributed by atoms with Crippen LogP contribution in [0, 0.1) is 0 Å². The van der Waals surface area contributed by atoms with E-state index in [1.54, 1.807) is 65.6 Å². The number of ether oxygens (including phenoxy) is 2. The van der Waals surface area contributed by atoms with Gasteiger partial charge in [0.25, 0.3) is 11.8 Å². The number of carbonyl (C=O) groups is 4. The number of likely N-dealkylation sites (tertiary alicyclic amines) is 1. The van der Waals surface area contributed by atoms with E-state index in [1.807, 2.05) is 24.3 Å². The highest BCUT2D eigenvalue weighted by Gasteiger charge is 2.37. The van der Waals surface area contributed by atoms with E-state index in [2.05, 4.69) is 12.6 Å². The van der Waals surface area contributed by atoms with Gasteiger partial charge in [0.15, 0.2) is 5.75 Å². The normalized spacial score (nSPS) is 18.4. The van der Waals surface area contributed by atoms with Crippen LogP contribution in [0.4, 0.5) is 11.4 Å². The summed E-state index contributed by atoms with van der Waals surface area (Å²) < 4.78 is 28.9. The first-order chi connectivity index (χ1) is 31.3. The Morgan fingerprint density at radius 3 is 1.88 bits per heavy atom. The number of thiol groups is 1. The Bertz CT molecular complexity index is 2820. The lowest BCUT2D eigenvalue weighted by atomic mass is 9.95. The molecule has 3 aliphatic rings. The Balaban J connectivity index is 1.04. The molecule has 8 rings (SSSR count). The number of hydrogen-bond donors (Lipinski definition) is 4. The maximum atomic E-state index is 13.9. The van der Waals surface area contributed by atoms with Gasteiger partial charge in [-0.25, -0.2) is 9.82 Å². The summed E-state index contributed by atoms with van der Waals surface area (Å²) in [4.78, 5) is 80.5. The van der Waals surface area contributed by atoms with Crippen LogP contribution in [-0.4, -0.2) is 100 Å². The number of fused-ring (bicyclic) bond motifs is 6. The van der Waals surface area contributed by atoms with Gasteiger partial charge >= 0.3 is 7.82 Å². The van der Waals surface area contributed by atoms with Gasteiger partial charge in [0.2, 0.25) is 11.8 Å². The third kappa shape index (κ3) is 9.63. The van der Waals surface area contributed by atoms with Crippen molar-refractivity contribution in [3.63, 3.8) is 0 Å². The molecule has 0 radical (unpaired) electrons. The zero-order chi connectivity index (χ0) is 46.0. The smallest absolute Gasteiger partial charge is 0.491 e. The Kier molecular flexibility index (Phi) is 13.9. The molecule has 19 heteroatoms. The van der Waals surface area contributed by atoms with E-state index < -0.39 is 19.0 Å². The number of imide groups is 1. The number of halogens is 2. The van der Waals surface area contributed by atoms with E-state index in [4.69, 9.17) is 42.1 Å². The van der Waals surface area contributed by atoms with Crippen LogP contribution in [0.5, 0.6) is 17.2 Å². The second-order valence-corrected chi connectivity index (χ2v) is 17.9. The van der Waals surface area contributed by atoms with E-state index in [9.17, 15) is 38.8 Å². The largest absolute Gasteiger partial charge is 0.524 e. The van der Waals surface area contributed by atoms with E-state index in [-0.39, 0.29) is 92.1 Å². The Morgan fingerprint density at radius 2 is 1.32 bits per heavy atom. The molecule has 1 saturated heterocycles. The lowest BCUT2D eigenvalue weighted by Gasteiger charge is -2.18. The van der Waals surface area contributed by atoms with Crippen molar-refractivity contribution >= 4 is 112 Å². The van der Waals surface area contributed by atoms with Crippen molar-refractivity contribution in [1.82, 2.24) is 4.90 Å². The molecule has 1 fully saturated rings. The first-order valence-corrected chi connectivity index (χ1v) is 23.6. The summed E-state index contributed by atoms with van der Waals surface area (Å²) in [5.41, 5.74) is 3.68. The fraction of sp³-hybridized carbons (Fsp3) is 0.261. The monoisotopic (exact) mass is 961 g/mol. The van der Waals surface area contributed by atoms with E-state index in [0.29, 0.717) is 51.0 Å². The highest BCUT2D eigenvalue weighted by Crippen LogP contribution is 2.49. The minimum absolute atomic E-state index is 0.0402. The van der Waals surface area contributed by atoms with E-state index in [0.717, 1.165) is 21.4 Å². The summed E-state index contributed by atoms with van der Waals surface area (Å²) in [6, 6.07) is 22.6. The van der Waals surface area contributed by atoms with Gasteiger partial charge in [-0.2, -0.15) is 12.6 Å². The quantitative estimate of drug-likeness (QED) is 0.0111. The van der Waals surface area contributed by atoms with Crippen molar-refractivity contribution in [3.8, 4) is 17.2 Å². The average Bonchev–Trinajstić information content (AvgIpc) is 3.95. The number of nitrogens with zero attached hydrogens (tertiary/aromatic N) is 3. The van der Waals surface area contributed by atoms with Crippen molar-refractivity contribution in [3.05, 3.63) is 113 Å². The molecule has 3 atom stereocenters. The fourth-order valence-corrected chi connectivity index (χ4v) is 9.78. The number of benzene rings is 5. The Labute approximate surface area is 388 Å². The fourth-order valence-electron chi connectivity index (χ4n) is 8.57. The molecule has 338 valence electrons. The van der Waals surface area contributed by atoms with Gasteiger partial charge in [0.1, 0.15) is 18.1 Å². The van der Waals surface area contributed by atoms with Crippen molar-refractivity contribution in [2.75, 3.05) is 61.0 Å². The minimum atomic E-state index is -4.95. The molecule has 0 aliphatic carbocycles. The first-order valence-electron chi connectivity index (χ1n) is 20.5. The summed E-state index contributed by atoms with van der Waals surface area (Å²) in [6.45, 7) is 0.802. The molecule has 0 aromatic heterocycles. The standard InChI is InChI=1S/C46H42Cl2N3O12PS/c47-23-29-25-50(35-20-38(62-56)31-5-1-3-7-33(31)44(29)35)42(53)14-12-28-11-9-27(19-37(28)61-18-17-60-16-15-49-43(54)22-40(65)46(49)55)10-13-41(52)51-26-30(24-48)45-34-8-4-2-6-32(34)39(21-36(45)51)63-64(57,58)59/h1-14,19-21,29-30,40,56,65H,15-18,22-26H2,(H2,57,58,59)/b13-10+,14-12+/t29-,30-,40?/m1/s1. The van der Waals surface area contributed by atoms with Crippen LogP contribution in [0.15, 0.2) is 91.0 Å². The Hall–Kier alpha value is -5.42. The van der Waals surface area contributed by atoms with Crippen LogP contribution in [0.1, 0.15) is 40.5 Å². The van der Waals surface area contributed by atoms with Gasteiger partial charge in [-0.1, -0.05) is 60.7 Å². The molecule has 3 N–H and O–H groups in total. The lowest BCUT2D eigenvalue weighted by molar-refractivity contribution is -0.139. The molecule has 15 nitrogen and oxygen atoms in total. The number of phosphoric ester groups is 1. The molecule has 65 heavy (non-hydrogen) atoms. The van der Waals surface area contributed by atoms with Crippen molar-refractivity contribution in [1.29, 1.82) is 0 Å². The van der Waals surface area contributed by atoms with Gasteiger partial charge in [0.05, 0.1) is 36.4 Å². The van der Waals surface area contributed by atoms with Crippen molar-refractivity contribution in [2.45, 2.75) is 23.5 Å². The molecule has 0 saturated carbocycles. The molecular formula is C46H42Cl2N3O12PS. The topological polar surface area (TPSA) is 193 Å². The van der Waals surface area contributed by atoms with Gasteiger partial charge < -0.3 is 28.7 Å². The molecule has 3 heterocycles. The molecule has 1 unspecified atom stereocenters. The van der Waals surface area contributed by atoms with Gasteiger partial charge in [-0.15, -0.1) is 23.2 Å². The summed E-state index contributed by atoms with van der Waals surface area (Å²) in [5.74, 6) is -1.02. The predicted octanol–water partition coefficient (Wildman–Crippen LogP) is 7.53. The second kappa shape index (κ2) is 19.6. The number of phosphoric acid groups is 1. The van der Waals surface area contributed by atoms with Crippen LogP contribution in [0.2, 0.25) is 0 Å². The van der Waals surface area contributed by atoms with Crippen LogP contribution in [-0.2, 0) is 28.5 Å². The molecule has 5 aromatic rings. The number of alkyl halides is 2. The maximum Gasteiger partial charge on any atom is 0.524 e. The SMILES string of the molecule is O=C1CC(S)C(=O)N1CCOCCOc1cc(/C=C/C(=O)N2C[C@@H](CCl)c3c2cc(OP(=O)(O)O)c2ccccc32)ccc1/C=C/C(=O)N1C[C@@H](CCl)c2c1cc(OO)c1ccccc21. The molecule has 3 aliphatic heterocycles. The number of rotatable bonds is 16. The molecular weight excluding hydrogens is 920 g/mol. The van der Waals surface area contributed by atoms with E-state index >= 15 is 0 Å². The minimum Gasteiger partial charge on any atom is -0.491 e. The number of hydrogen-bond acceptors (Lipinski definition) is 11. The molecule has 4 amide bonds. The number of carbonyl (C=O) groups excluding carboxylic acids is 4. The van der Waals surface area contributed by atoms with Crippen LogP contribution < -0.4 is 23.9 Å². The summed E-state index contributed by atoms with van der Waals surface area (Å²) in [5, 5.41) is 11.7. The van der Waals surface area contributed by atoms with Crippen LogP contribution in [0.25, 0.3) is 33.7 Å². The third-order valence-electron chi connectivity index (χ3n) is 11.5. The number of amides is 4. The third-order valence-corrected chi connectivity index (χ3v) is 13.1. The molecule has 5 aromatic carbocycles. The van der Waals surface area contributed by atoms with Gasteiger partial charge in [-0.3, -0.25) is 33.9 Å². The van der Waals surface area contributed by atoms with Crippen molar-refractivity contribution in [2.24, 2.45) is 0 Å². The Morgan fingerprint density at radius 1 is 0.754 bits per heavy atom. The predicted molar refractivity (Wildman–Crippen MR) is 250 cm³/mol. The van der Waals surface area contributed by atoms with Gasteiger partial charge in [0, 0.05) is 83.7 Å².